The lowest BCUT2D eigenvalue weighted by Crippen LogP contribution is -2.42. The van der Waals surface area contributed by atoms with Crippen molar-refractivity contribution in [3.8, 4) is 0 Å². The van der Waals surface area contributed by atoms with Gasteiger partial charge in [0, 0.05) is 12.1 Å². The minimum atomic E-state index is -4.68. The van der Waals surface area contributed by atoms with Crippen LogP contribution in [0.2, 0.25) is 5.02 Å². The van der Waals surface area contributed by atoms with E-state index in [-0.39, 0.29) is 16.3 Å². The molecule has 2 N–H and O–H groups in total. The SMILES string of the molecule is CNC(=O)C(=S)NC(=O)C(c1cc(C(F)(F)F)cnn1)c1ccccc1Cl. The summed E-state index contributed by atoms with van der Waals surface area (Å²) in [6.07, 6.45) is -4.14. The maximum Gasteiger partial charge on any atom is 0.418 e. The van der Waals surface area contributed by atoms with Crippen molar-refractivity contribution in [2.45, 2.75) is 12.1 Å². The molecule has 0 spiro atoms. The standard InChI is InChI=1S/C16H12ClF3N4O2S/c1-21-14(26)15(27)23-13(25)12(9-4-2-3-5-10(9)17)11-6-8(7-22-24-11)16(18,19)20/h2-7,12H,1H3,(H,21,26)(H,23,25,27). The number of amides is 2. The number of hydrogen-bond acceptors (Lipinski definition) is 5. The highest BCUT2D eigenvalue weighted by atomic mass is 35.5. The van der Waals surface area contributed by atoms with Crippen LogP contribution in [0.5, 0.6) is 0 Å². The predicted molar refractivity (Wildman–Crippen MR) is 95.1 cm³/mol. The molecule has 27 heavy (non-hydrogen) atoms. The number of nitrogens with zero attached hydrogens (tertiary/aromatic N) is 2. The average Bonchev–Trinajstić information content (AvgIpc) is 2.62. The van der Waals surface area contributed by atoms with E-state index in [1.165, 1.54) is 19.2 Å². The molecule has 1 aromatic heterocycles. The van der Waals surface area contributed by atoms with Crippen molar-refractivity contribution >= 4 is 40.6 Å². The molecule has 2 rings (SSSR count). The fourth-order valence-electron chi connectivity index (χ4n) is 2.18. The topological polar surface area (TPSA) is 84.0 Å². The van der Waals surface area contributed by atoms with Gasteiger partial charge in [0.05, 0.1) is 17.5 Å². The van der Waals surface area contributed by atoms with Gasteiger partial charge in [-0.05, 0) is 17.7 Å². The Hall–Kier alpha value is -2.59. The van der Waals surface area contributed by atoms with E-state index in [1.807, 2.05) is 0 Å². The summed E-state index contributed by atoms with van der Waals surface area (Å²) in [5.41, 5.74) is -1.19. The van der Waals surface area contributed by atoms with Gasteiger partial charge in [-0.1, -0.05) is 42.0 Å². The Balaban J connectivity index is 2.52. The Morgan fingerprint density at radius 3 is 2.52 bits per heavy atom. The van der Waals surface area contributed by atoms with Gasteiger partial charge in [-0.25, -0.2) is 0 Å². The van der Waals surface area contributed by atoms with Gasteiger partial charge in [0.2, 0.25) is 5.91 Å². The van der Waals surface area contributed by atoms with E-state index < -0.39 is 34.5 Å². The Kier molecular flexibility index (Phi) is 6.45. The number of aromatic nitrogens is 2. The minimum absolute atomic E-state index is 0.128. The van der Waals surface area contributed by atoms with Crippen molar-refractivity contribution in [1.29, 1.82) is 0 Å². The first kappa shape index (κ1) is 20.7. The Morgan fingerprint density at radius 1 is 1.26 bits per heavy atom. The van der Waals surface area contributed by atoms with E-state index in [1.54, 1.807) is 12.1 Å². The van der Waals surface area contributed by atoms with Gasteiger partial charge in [0.25, 0.3) is 5.91 Å². The minimum Gasteiger partial charge on any atom is -0.353 e. The monoisotopic (exact) mass is 416 g/mol. The third kappa shape index (κ3) is 4.98. The Morgan fingerprint density at radius 2 is 1.93 bits per heavy atom. The number of rotatable bonds is 3. The summed E-state index contributed by atoms with van der Waals surface area (Å²) < 4.78 is 39.0. The number of alkyl halides is 3. The van der Waals surface area contributed by atoms with Crippen LogP contribution in [0.1, 0.15) is 22.7 Å². The van der Waals surface area contributed by atoms with Gasteiger partial charge < -0.3 is 10.6 Å². The summed E-state index contributed by atoms with van der Waals surface area (Å²) in [6.45, 7) is 0. The predicted octanol–water partition coefficient (Wildman–Crippen LogP) is 2.47. The molecule has 0 bridgehead atoms. The second-order valence-corrected chi connectivity index (χ2v) is 6.03. The molecule has 2 aromatic rings. The zero-order chi connectivity index (χ0) is 20.2. The van der Waals surface area contributed by atoms with E-state index >= 15 is 0 Å². The number of nitrogens with one attached hydrogen (secondary N) is 2. The zero-order valence-electron chi connectivity index (χ0n) is 13.7. The van der Waals surface area contributed by atoms with Crippen LogP contribution in [0.4, 0.5) is 13.2 Å². The molecule has 6 nitrogen and oxygen atoms in total. The lowest BCUT2D eigenvalue weighted by molar-refractivity contribution is -0.138. The van der Waals surface area contributed by atoms with E-state index in [0.29, 0.717) is 12.3 Å². The lowest BCUT2D eigenvalue weighted by atomic mass is 9.93. The smallest absolute Gasteiger partial charge is 0.353 e. The molecule has 0 aliphatic rings. The van der Waals surface area contributed by atoms with Crippen molar-refractivity contribution < 1.29 is 22.8 Å². The van der Waals surface area contributed by atoms with Crippen LogP contribution in [-0.2, 0) is 15.8 Å². The fourth-order valence-corrected chi connectivity index (χ4v) is 2.63. The summed E-state index contributed by atoms with van der Waals surface area (Å²) >= 11 is 10.9. The highest BCUT2D eigenvalue weighted by molar-refractivity contribution is 7.82. The first-order valence-electron chi connectivity index (χ1n) is 7.36. The quantitative estimate of drug-likeness (QED) is 0.751. The molecule has 0 fully saturated rings. The number of halogens is 4. The lowest BCUT2D eigenvalue weighted by Gasteiger charge is -2.18. The normalized spacial score (nSPS) is 12.2. The maximum atomic E-state index is 13.0. The van der Waals surface area contributed by atoms with Crippen LogP contribution in [-0.4, -0.2) is 34.0 Å². The number of benzene rings is 1. The first-order valence-corrected chi connectivity index (χ1v) is 8.15. The number of hydrogen-bond donors (Lipinski definition) is 2. The maximum absolute atomic E-state index is 13.0. The molecule has 1 unspecified atom stereocenters. The number of thiocarbonyl (C=S) groups is 1. The third-order valence-corrected chi connectivity index (χ3v) is 4.08. The number of carbonyl (C=O) groups excluding carboxylic acids is 2. The van der Waals surface area contributed by atoms with Gasteiger partial charge in [-0.15, -0.1) is 0 Å². The van der Waals surface area contributed by atoms with Gasteiger partial charge >= 0.3 is 6.18 Å². The molecule has 0 saturated heterocycles. The number of likely N-dealkylation sites (N-methyl/N-ethyl adjacent to an activating group) is 1. The highest BCUT2D eigenvalue weighted by Crippen LogP contribution is 2.33. The van der Waals surface area contributed by atoms with Crippen LogP contribution in [0.3, 0.4) is 0 Å². The second-order valence-electron chi connectivity index (χ2n) is 5.22. The molecule has 0 radical (unpaired) electrons. The van der Waals surface area contributed by atoms with Gasteiger partial charge in [0.1, 0.15) is 5.92 Å². The summed E-state index contributed by atoms with van der Waals surface area (Å²) in [4.78, 5) is 23.8. The molecule has 2 amide bonds. The van der Waals surface area contributed by atoms with Crippen molar-refractivity contribution in [3.63, 3.8) is 0 Å². The van der Waals surface area contributed by atoms with E-state index in [0.717, 1.165) is 0 Å². The number of carbonyl (C=O) groups is 2. The summed E-state index contributed by atoms with van der Waals surface area (Å²) in [5.74, 6) is -2.96. The Labute approximate surface area is 162 Å². The van der Waals surface area contributed by atoms with Gasteiger partial charge in [-0.2, -0.15) is 23.4 Å². The summed E-state index contributed by atoms with van der Waals surface area (Å²) in [6, 6.07) is 6.77. The van der Waals surface area contributed by atoms with Crippen LogP contribution < -0.4 is 10.6 Å². The zero-order valence-corrected chi connectivity index (χ0v) is 15.2. The molecule has 1 aromatic carbocycles. The van der Waals surface area contributed by atoms with Crippen molar-refractivity contribution in [3.05, 3.63) is 58.4 Å². The van der Waals surface area contributed by atoms with Crippen LogP contribution in [0, 0.1) is 0 Å². The van der Waals surface area contributed by atoms with Crippen LogP contribution in [0.25, 0.3) is 0 Å². The second kappa shape index (κ2) is 8.40. The van der Waals surface area contributed by atoms with E-state index in [2.05, 4.69) is 20.8 Å². The summed E-state index contributed by atoms with van der Waals surface area (Å²) in [7, 11) is 1.31. The molecule has 0 saturated carbocycles. The molecule has 1 atom stereocenters. The van der Waals surface area contributed by atoms with E-state index in [4.69, 9.17) is 23.8 Å². The Bertz CT molecular complexity index is 892. The van der Waals surface area contributed by atoms with Gasteiger partial charge in [-0.3, -0.25) is 9.59 Å². The molecule has 0 aliphatic heterocycles. The van der Waals surface area contributed by atoms with Crippen LogP contribution in [0.15, 0.2) is 36.5 Å². The van der Waals surface area contributed by atoms with Crippen molar-refractivity contribution in [1.82, 2.24) is 20.8 Å². The van der Waals surface area contributed by atoms with E-state index in [9.17, 15) is 22.8 Å². The summed E-state index contributed by atoms with van der Waals surface area (Å²) in [5, 5.41) is 11.5. The molecule has 1 heterocycles. The van der Waals surface area contributed by atoms with Crippen LogP contribution >= 0.6 is 23.8 Å². The van der Waals surface area contributed by atoms with Gasteiger partial charge in [0.15, 0.2) is 4.99 Å². The van der Waals surface area contributed by atoms with Crippen molar-refractivity contribution in [2.75, 3.05) is 7.05 Å². The molecular weight excluding hydrogens is 405 g/mol. The molecule has 0 aliphatic carbocycles. The molecule has 142 valence electrons. The third-order valence-electron chi connectivity index (χ3n) is 3.44. The molecule has 11 heteroatoms. The fraction of sp³-hybridized carbons (Fsp3) is 0.188. The largest absolute Gasteiger partial charge is 0.418 e. The highest BCUT2D eigenvalue weighted by Gasteiger charge is 2.34. The first-order chi connectivity index (χ1) is 12.6. The van der Waals surface area contributed by atoms with Crippen molar-refractivity contribution in [2.24, 2.45) is 0 Å². The molecular formula is C16H12ClF3N4O2S. The average molecular weight is 417 g/mol.